The third-order valence-corrected chi connectivity index (χ3v) is 4.77. The molecule has 2 heterocycles. The molecule has 1 aliphatic heterocycles. The molecule has 1 unspecified atom stereocenters. The number of ketones is 1. The maximum absolute atomic E-state index is 13.0. The average Bonchev–Trinajstić information content (AvgIpc) is 3.29. The summed E-state index contributed by atoms with van der Waals surface area (Å²) < 4.78 is 10.3. The number of aliphatic hydroxyl groups excluding tert-OH is 1. The Morgan fingerprint density at radius 2 is 1.86 bits per heavy atom. The molecule has 0 spiro atoms. The van der Waals surface area contributed by atoms with Gasteiger partial charge in [-0.2, -0.15) is 0 Å². The largest absolute Gasteiger partial charge is 0.507 e. The Hall–Kier alpha value is -3.87. The first-order chi connectivity index (χ1) is 14.0. The number of nitrogens with zero attached hydrogens (tertiary/aromatic N) is 2. The van der Waals surface area contributed by atoms with Crippen molar-refractivity contribution in [2.75, 3.05) is 12.0 Å². The number of aryl methyl sites for hydroxylation is 1. The minimum absolute atomic E-state index is 0.0184. The number of aliphatic hydroxyl groups is 1. The van der Waals surface area contributed by atoms with Crippen molar-refractivity contribution in [1.82, 2.24) is 5.16 Å². The highest BCUT2D eigenvalue weighted by Gasteiger charge is 2.48. The van der Waals surface area contributed by atoms with Crippen LogP contribution in [0.5, 0.6) is 5.75 Å². The number of hydrogen-bond acceptors (Lipinski definition) is 6. The van der Waals surface area contributed by atoms with E-state index in [4.69, 9.17) is 9.26 Å². The molecule has 29 heavy (non-hydrogen) atoms. The van der Waals surface area contributed by atoms with E-state index in [0.717, 1.165) is 0 Å². The second-order valence-electron chi connectivity index (χ2n) is 6.61. The van der Waals surface area contributed by atoms with Gasteiger partial charge in [0.25, 0.3) is 5.78 Å². The van der Waals surface area contributed by atoms with Gasteiger partial charge in [-0.3, -0.25) is 14.5 Å². The summed E-state index contributed by atoms with van der Waals surface area (Å²) in [7, 11) is 1.51. The summed E-state index contributed by atoms with van der Waals surface area (Å²) in [4.78, 5) is 27.1. The molecule has 2 aromatic carbocycles. The average molecular weight is 390 g/mol. The number of carbonyl (C=O) groups is 2. The zero-order valence-corrected chi connectivity index (χ0v) is 15.8. The number of aromatic nitrogens is 1. The fourth-order valence-corrected chi connectivity index (χ4v) is 3.41. The van der Waals surface area contributed by atoms with Crippen LogP contribution in [0.2, 0.25) is 0 Å². The van der Waals surface area contributed by atoms with Crippen molar-refractivity contribution >= 4 is 23.3 Å². The predicted octanol–water partition coefficient (Wildman–Crippen LogP) is 3.62. The number of anilines is 1. The van der Waals surface area contributed by atoms with Crippen molar-refractivity contribution in [2.45, 2.75) is 13.0 Å². The number of rotatable bonds is 4. The number of benzene rings is 2. The molecule has 1 atom stereocenters. The predicted molar refractivity (Wildman–Crippen MR) is 105 cm³/mol. The Balaban J connectivity index is 1.93. The van der Waals surface area contributed by atoms with Crippen LogP contribution in [-0.2, 0) is 9.59 Å². The summed E-state index contributed by atoms with van der Waals surface area (Å²) in [6.45, 7) is 1.70. The molecule has 1 fully saturated rings. The van der Waals surface area contributed by atoms with Gasteiger partial charge in [-0.15, -0.1) is 0 Å². The van der Waals surface area contributed by atoms with E-state index in [1.807, 2.05) is 6.07 Å². The van der Waals surface area contributed by atoms with Gasteiger partial charge in [0.15, 0.2) is 5.82 Å². The van der Waals surface area contributed by atoms with Gasteiger partial charge >= 0.3 is 5.91 Å². The summed E-state index contributed by atoms with van der Waals surface area (Å²) in [5.74, 6) is -0.619. The molecule has 3 aromatic rings. The highest BCUT2D eigenvalue weighted by atomic mass is 16.5. The highest BCUT2D eigenvalue weighted by Crippen LogP contribution is 2.42. The zero-order chi connectivity index (χ0) is 20.5. The zero-order valence-electron chi connectivity index (χ0n) is 15.8. The molecule has 1 amide bonds. The molecule has 7 nitrogen and oxygen atoms in total. The Morgan fingerprint density at radius 1 is 1.10 bits per heavy atom. The molecule has 0 radical (unpaired) electrons. The molecule has 0 bridgehead atoms. The molecule has 1 N–H and O–H groups in total. The smallest absolute Gasteiger partial charge is 0.301 e. The van der Waals surface area contributed by atoms with E-state index in [1.54, 1.807) is 61.5 Å². The van der Waals surface area contributed by atoms with E-state index in [2.05, 4.69) is 5.16 Å². The standard InChI is InChI=1S/C22H18N2O5/c1-13-11-17(23-29-13)24-19(14-7-4-3-5-8-14)18(21(26)22(24)27)20(25)15-9-6-10-16(12-15)28-2/h3-12,19,25H,1-2H3/b20-18+. The summed E-state index contributed by atoms with van der Waals surface area (Å²) in [6.07, 6.45) is 0. The topological polar surface area (TPSA) is 92.9 Å². The maximum Gasteiger partial charge on any atom is 0.301 e. The lowest BCUT2D eigenvalue weighted by molar-refractivity contribution is -0.132. The molecule has 146 valence electrons. The Kier molecular flexibility index (Phi) is 4.64. The summed E-state index contributed by atoms with van der Waals surface area (Å²) in [5, 5.41) is 14.9. The second kappa shape index (κ2) is 7.27. The van der Waals surface area contributed by atoms with Gasteiger partial charge in [-0.25, -0.2) is 0 Å². The van der Waals surface area contributed by atoms with E-state index >= 15 is 0 Å². The van der Waals surface area contributed by atoms with Crippen LogP contribution < -0.4 is 9.64 Å². The van der Waals surface area contributed by atoms with E-state index in [1.165, 1.54) is 12.0 Å². The van der Waals surface area contributed by atoms with Crippen LogP contribution in [0.4, 0.5) is 5.82 Å². The lowest BCUT2D eigenvalue weighted by Gasteiger charge is -2.22. The minimum atomic E-state index is -0.841. The van der Waals surface area contributed by atoms with E-state index in [9.17, 15) is 14.7 Å². The molecular weight excluding hydrogens is 372 g/mol. The first-order valence-corrected chi connectivity index (χ1v) is 8.95. The monoisotopic (exact) mass is 390 g/mol. The summed E-state index contributed by atoms with van der Waals surface area (Å²) in [5.41, 5.74) is 1.02. The van der Waals surface area contributed by atoms with Gasteiger partial charge in [-0.05, 0) is 24.6 Å². The van der Waals surface area contributed by atoms with Crippen molar-refractivity contribution in [3.8, 4) is 5.75 Å². The first-order valence-electron chi connectivity index (χ1n) is 8.95. The number of ether oxygens (including phenoxy) is 1. The van der Waals surface area contributed by atoms with Gasteiger partial charge in [-0.1, -0.05) is 47.6 Å². The van der Waals surface area contributed by atoms with Crippen LogP contribution >= 0.6 is 0 Å². The van der Waals surface area contributed by atoms with Crippen LogP contribution in [0.25, 0.3) is 5.76 Å². The van der Waals surface area contributed by atoms with E-state index in [-0.39, 0.29) is 17.2 Å². The number of carbonyl (C=O) groups excluding carboxylic acids is 2. The molecule has 1 saturated heterocycles. The third-order valence-electron chi connectivity index (χ3n) is 4.77. The van der Waals surface area contributed by atoms with Gasteiger partial charge in [0, 0.05) is 11.6 Å². The fraction of sp³-hybridized carbons (Fsp3) is 0.136. The molecule has 1 aliphatic rings. The van der Waals surface area contributed by atoms with Gasteiger partial charge in [0.2, 0.25) is 0 Å². The van der Waals surface area contributed by atoms with Crippen molar-refractivity contribution in [2.24, 2.45) is 0 Å². The van der Waals surface area contributed by atoms with E-state index in [0.29, 0.717) is 22.6 Å². The van der Waals surface area contributed by atoms with Gasteiger partial charge in [0.1, 0.15) is 17.3 Å². The van der Waals surface area contributed by atoms with Crippen molar-refractivity contribution in [3.05, 3.63) is 83.1 Å². The summed E-state index contributed by atoms with van der Waals surface area (Å²) >= 11 is 0. The van der Waals surface area contributed by atoms with Crippen molar-refractivity contribution < 1.29 is 24.0 Å². The van der Waals surface area contributed by atoms with Crippen LogP contribution in [-0.4, -0.2) is 29.1 Å². The Morgan fingerprint density at radius 3 is 2.52 bits per heavy atom. The summed E-state index contributed by atoms with van der Waals surface area (Å²) in [6, 6.07) is 16.4. The Bertz CT molecular complexity index is 1120. The van der Waals surface area contributed by atoms with Crippen LogP contribution in [0.15, 0.2) is 70.8 Å². The first kappa shape index (κ1) is 18.5. The van der Waals surface area contributed by atoms with E-state index < -0.39 is 17.7 Å². The number of hydrogen-bond donors (Lipinski definition) is 1. The number of Topliss-reactive ketones (excluding diaryl/α,β-unsaturated/α-hetero) is 1. The second-order valence-corrected chi connectivity index (χ2v) is 6.61. The SMILES string of the molecule is COc1cccc(/C(O)=C2\C(=O)C(=O)N(c3cc(C)on3)C2c2ccccc2)c1. The number of amides is 1. The van der Waals surface area contributed by atoms with Gasteiger partial charge < -0.3 is 14.4 Å². The fourth-order valence-electron chi connectivity index (χ4n) is 3.41. The minimum Gasteiger partial charge on any atom is -0.507 e. The van der Waals surface area contributed by atoms with Crippen LogP contribution in [0.3, 0.4) is 0 Å². The molecule has 0 aliphatic carbocycles. The van der Waals surface area contributed by atoms with Crippen molar-refractivity contribution in [1.29, 1.82) is 0 Å². The van der Waals surface area contributed by atoms with Gasteiger partial charge in [0.05, 0.1) is 18.7 Å². The lowest BCUT2D eigenvalue weighted by atomic mass is 9.95. The van der Waals surface area contributed by atoms with Crippen molar-refractivity contribution in [3.63, 3.8) is 0 Å². The molecule has 4 rings (SSSR count). The molecule has 7 heteroatoms. The molecule has 1 aromatic heterocycles. The highest BCUT2D eigenvalue weighted by molar-refractivity contribution is 6.51. The van der Waals surface area contributed by atoms with Crippen LogP contribution in [0, 0.1) is 6.92 Å². The molecule has 0 saturated carbocycles. The lowest BCUT2D eigenvalue weighted by Crippen LogP contribution is -2.29. The quantitative estimate of drug-likeness (QED) is 0.416. The normalized spacial score (nSPS) is 18.3. The molecular formula is C22H18N2O5. The number of methoxy groups -OCH3 is 1. The maximum atomic E-state index is 13.0. The third kappa shape index (κ3) is 3.16. The Labute approximate surface area is 166 Å². The van der Waals surface area contributed by atoms with Crippen LogP contribution in [0.1, 0.15) is 22.9 Å².